The second-order valence-corrected chi connectivity index (χ2v) is 3.73. The molecule has 0 fully saturated rings. The van der Waals surface area contributed by atoms with Crippen molar-refractivity contribution >= 4 is 12.2 Å². The summed E-state index contributed by atoms with van der Waals surface area (Å²) in [6, 6.07) is 0. The minimum Gasteiger partial charge on any atom is -0.361 e. The molecule has 0 aliphatic heterocycles. The average Bonchev–Trinajstić information content (AvgIpc) is 2.50. The normalized spacial score (nSPS) is 12.4. The molecule has 1 nitrogen and oxygen atoms in total. The van der Waals surface area contributed by atoms with Gasteiger partial charge in [0.25, 0.3) is 0 Å². The largest absolute Gasteiger partial charge is 0.361 e. The van der Waals surface area contributed by atoms with Gasteiger partial charge in [0, 0.05) is 17.5 Å². The van der Waals surface area contributed by atoms with Gasteiger partial charge < -0.3 is 4.98 Å². The van der Waals surface area contributed by atoms with Crippen LogP contribution in [0, 0.1) is 0 Å². The number of nitrogens with one attached hydrogen (secondary N) is 1. The number of aromatic amines is 1. The third-order valence-corrected chi connectivity index (χ3v) is 2.27. The minimum absolute atomic E-state index is 0.566. The third kappa shape index (κ3) is 2.16. The summed E-state index contributed by atoms with van der Waals surface area (Å²) in [6.07, 6.45) is 10.5. The summed E-state index contributed by atoms with van der Waals surface area (Å²) in [4.78, 5) is 3.30. The van der Waals surface area contributed by atoms with Crippen molar-refractivity contribution in [1.82, 2.24) is 4.98 Å². The molecule has 1 N–H and O–H groups in total. The lowest BCUT2D eigenvalue weighted by atomic mass is 10.00. The zero-order valence-electron chi connectivity index (χ0n) is 9.46. The first-order chi connectivity index (χ1) is 6.70. The Morgan fingerprint density at radius 1 is 1.14 bits per heavy atom. The van der Waals surface area contributed by atoms with E-state index in [2.05, 4.69) is 56.3 Å². The van der Waals surface area contributed by atoms with Crippen LogP contribution in [0.3, 0.4) is 0 Å². The molecule has 1 heterocycles. The number of H-pyrrole nitrogens is 1. The van der Waals surface area contributed by atoms with Gasteiger partial charge >= 0.3 is 0 Å². The Hall–Kier alpha value is -1.24. The van der Waals surface area contributed by atoms with Gasteiger partial charge in [0.1, 0.15) is 0 Å². The highest BCUT2D eigenvalue weighted by Crippen LogP contribution is 2.24. The van der Waals surface area contributed by atoms with E-state index in [4.69, 9.17) is 0 Å². The van der Waals surface area contributed by atoms with Crippen molar-refractivity contribution in [2.75, 3.05) is 0 Å². The first-order valence-corrected chi connectivity index (χ1v) is 5.17. The van der Waals surface area contributed by atoms with Gasteiger partial charge in [-0.3, -0.25) is 0 Å². The predicted octanol–water partition coefficient (Wildman–Crippen LogP) is 4.20. The van der Waals surface area contributed by atoms with Gasteiger partial charge in [0.05, 0.1) is 0 Å². The molecule has 1 aromatic heterocycles. The van der Waals surface area contributed by atoms with Gasteiger partial charge in [0.15, 0.2) is 0 Å². The van der Waals surface area contributed by atoms with Crippen molar-refractivity contribution in [3.05, 3.63) is 35.2 Å². The number of rotatable bonds is 3. The maximum atomic E-state index is 3.30. The summed E-state index contributed by atoms with van der Waals surface area (Å²) in [6.45, 7) is 8.52. The SMILES string of the molecule is C/C=C\c1[nH]cc(C(C)C)c1/C=C\C. The fourth-order valence-corrected chi connectivity index (χ4v) is 1.60. The lowest BCUT2D eigenvalue weighted by molar-refractivity contribution is 0.866. The van der Waals surface area contributed by atoms with Crippen LogP contribution in [0.1, 0.15) is 50.4 Å². The quantitative estimate of drug-likeness (QED) is 0.733. The topological polar surface area (TPSA) is 15.8 Å². The molecule has 0 atom stereocenters. The van der Waals surface area contributed by atoms with Crippen molar-refractivity contribution < 1.29 is 0 Å². The monoisotopic (exact) mass is 189 g/mol. The van der Waals surface area contributed by atoms with Gasteiger partial charge in [-0.05, 0) is 31.4 Å². The van der Waals surface area contributed by atoms with Crippen LogP contribution >= 0.6 is 0 Å². The zero-order chi connectivity index (χ0) is 10.6. The van der Waals surface area contributed by atoms with Crippen molar-refractivity contribution in [3.63, 3.8) is 0 Å². The van der Waals surface area contributed by atoms with Crippen LogP contribution in [-0.4, -0.2) is 4.98 Å². The average molecular weight is 189 g/mol. The molecule has 0 saturated heterocycles. The fraction of sp³-hybridized carbons (Fsp3) is 0.385. The molecule has 1 rings (SSSR count). The van der Waals surface area contributed by atoms with E-state index < -0.39 is 0 Å². The molecule has 0 amide bonds. The van der Waals surface area contributed by atoms with E-state index in [1.807, 2.05) is 6.92 Å². The van der Waals surface area contributed by atoms with Crippen LogP contribution in [0.4, 0.5) is 0 Å². The van der Waals surface area contributed by atoms with Gasteiger partial charge in [-0.15, -0.1) is 0 Å². The molecule has 0 saturated carbocycles. The minimum atomic E-state index is 0.566. The number of hydrogen-bond acceptors (Lipinski definition) is 0. The Morgan fingerprint density at radius 2 is 1.79 bits per heavy atom. The third-order valence-electron chi connectivity index (χ3n) is 2.27. The van der Waals surface area contributed by atoms with Crippen LogP contribution < -0.4 is 0 Å². The Bertz CT molecular complexity index is 340. The van der Waals surface area contributed by atoms with E-state index in [9.17, 15) is 0 Å². The van der Waals surface area contributed by atoms with Gasteiger partial charge in [-0.25, -0.2) is 0 Å². The van der Waals surface area contributed by atoms with Crippen LogP contribution in [0.5, 0.6) is 0 Å². The molecule has 0 radical (unpaired) electrons. The van der Waals surface area contributed by atoms with E-state index in [-0.39, 0.29) is 0 Å². The fourth-order valence-electron chi connectivity index (χ4n) is 1.60. The molecule has 0 aliphatic carbocycles. The molecule has 0 bridgehead atoms. The lowest BCUT2D eigenvalue weighted by Gasteiger charge is -2.03. The molecule has 0 aliphatic rings. The highest BCUT2D eigenvalue weighted by atomic mass is 14.7. The molecule has 76 valence electrons. The summed E-state index contributed by atoms with van der Waals surface area (Å²) >= 11 is 0. The van der Waals surface area contributed by atoms with Crippen LogP contribution in [0.2, 0.25) is 0 Å². The second-order valence-electron chi connectivity index (χ2n) is 3.73. The molecule has 1 heteroatoms. The second kappa shape index (κ2) is 4.85. The molecular weight excluding hydrogens is 170 g/mol. The standard InChI is InChI=1S/C13H19N/c1-5-7-11-12(10(3)4)9-14-13(11)8-6-2/h5-10,14H,1-4H3/b7-5-,8-6-. The van der Waals surface area contributed by atoms with Crippen molar-refractivity contribution in [1.29, 1.82) is 0 Å². The molecule has 1 aromatic rings. The first kappa shape index (κ1) is 10.8. The molecule has 0 aromatic carbocycles. The van der Waals surface area contributed by atoms with E-state index in [0.29, 0.717) is 5.92 Å². The van der Waals surface area contributed by atoms with E-state index in [1.54, 1.807) is 0 Å². The first-order valence-electron chi connectivity index (χ1n) is 5.17. The Kier molecular flexibility index (Phi) is 3.75. The van der Waals surface area contributed by atoms with Crippen LogP contribution in [0.15, 0.2) is 18.3 Å². The molecule has 14 heavy (non-hydrogen) atoms. The highest BCUT2D eigenvalue weighted by Gasteiger charge is 2.08. The van der Waals surface area contributed by atoms with E-state index in [1.165, 1.54) is 16.8 Å². The summed E-state index contributed by atoms with van der Waals surface area (Å²) < 4.78 is 0. The van der Waals surface area contributed by atoms with Crippen molar-refractivity contribution in [3.8, 4) is 0 Å². The van der Waals surface area contributed by atoms with Gasteiger partial charge in [-0.1, -0.05) is 32.1 Å². The lowest BCUT2D eigenvalue weighted by Crippen LogP contribution is -1.87. The van der Waals surface area contributed by atoms with Crippen molar-refractivity contribution in [2.24, 2.45) is 0 Å². The highest BCUT2D eigenvalue weighted by molar-refractivity contribution is 5.66. The maximum absolute atomic E-state index is 3.30. The number of hydrogen-bond donors (Lipinski definition) is 1. The predicted molar refractivity (Wildman–Crippen MR) is 64.3 cm³/mol. The summed E-state index contributed by atoms with van der Waals surface area (Å²) in [5.74, 6) is 0.566. The molecule has 0 unspecified atom stereocenters. The van der Waals surface area contributed by atoms with Crippen LogP contribution in [-0.2, 0) is 0 Å². The zero-order valence-corrected chi connectivity index (χ0v) is 9.46. The molecule has 0 spiro atoms. The van der Waals surface area contributed by atoms with Gasteiger partial charge in [0.2, 0.25) is 0 Å². The smallest absolute Gasteiger partial charge is 0.0453 e. The number of aromatic nitrogens is 1. The van der Waals surface area contributed by atoms with E-state index >= 15 is 0 Å². The maximum Gasteiger partial charge on any atom is 0.0453 e. The van der Waals surface area contributed by atoms with Gasteiger partial charge in [-0.2, -0.15) is 0 Å². The Morgan fingerprint density at radius 3 is 2.29 bits per heavy atom. The summed E-state index contributed by atoms with van der Waals surface area (Å²) in [5, 5.41) is 0. The number of allylic oxidation sites excluding steroid dienone is 2. The van der Waals surface area contributed by atoms with E-state index in [0.717, 1.165) is 0 Å². The Labute approximate surface area is 86.5 Å². The summed E-state index contributed by atoms with van der Waals surface area (Å²) in [7, 11) is 0. The summed E-state index contributed by atoms with van der Waals surface area (Å²) in [5.41, 5.74) is 3.91. The molecular formula is C13H19N. The Balaban J connectivity index is 3.19. The van der Waals surface area contributed by atoms with Crippen LogP contribution in [0.25, 0.3) is 12.2 Å². The van der Waals surface area contributed by atoms with Crippen molar-refractivity contribution in [2.45, 2.75) is 33.6 Å².